The Hall–Kier alpha value is -0.930. The van der Waals surface area contributed by atoms with Crippen molar-refractivity contribution in [3.05, 3.63) is 29.3 Å². The lowest BCUT2D eigenvalue weighted by molar-refractivity contribution is 0.227. The molecular weight excluding hydrogens is 228 g/mol. The third kappa shape index (κ3) is 2.50. The van der Waals surface area contributed by atoms with E-state index in [1.807, 2.05) is 6.07 Å². The molecule has 1 aromatic heterocycles. The molecule has 3 heteroatoms. The van der Waals surface area contributed by atoms with E-state index in [0.717, 1.165) is 11.9 Å². The van der Waals surface area contributed by atoms with Gasteiger partial charge in [-0.2, -0.15) is 0 Å². The fraction of sp³-hybridized carbons (Fsp3) is 0.500. The van der Waals surface area contributed by atoms with E-state index in [0.29, 0.717) is 12.5 Å². The molecule has 0 aliphatic rings. The first kappa shape index (κ1) is 12.5. The molecule has 2 N–H and O–H groups in total. The Morgan fingerprint density at radius 2 is 2.06 bits per heavy atom. The number of nitrogens with two attached hydrogens (primary N) is 1. The monoisotopic (exact) mass is 248 g/mol. The normalized spacial score (nSPS) is 15.4. The zero-order chi connectivity index (χ0) is 12.5. The van der Waals surface area contributed by atoms with Gasteiger partial charge in [0.1, 0.15) is 0 Å². The maximum Gasteiger partial charge on any atom is 0.0944 e. The van der Waals surface area contributed by atoms with Crippen LogP contribution in [-0.4, -0.2) is 11.5 Å². The third-order valence-electron chi connectivity index (χ3n) is 3.75. The number of hydrogen-bond donors (Lipinski definition) is 1. The maximum absolute atomic E-state index is 5.93. The number of benzene rings is 1. The number of nitrogens with zero attached hydrogens (tertiary/aromatic N) is 1. The second-order valence-corrected chi connectivity index (χ2v) is 6.38. The minimum absolute atomic E-state index is 0.147. The Balaban J connectivity index is 2.29. The quantitative estimate of drug-likeness (QED) is 0.900. The van der Waals surface area contributed by atoms with Crippen LogP contribution in [0.5, 0.6) is 0 Å². The third-order valence-corrected chi connectivity index (χ3v) is 4.79. The van der Waals surface area contributed by atoms with Crippen molar-refractivity contribution < 1.29 is 0 Å². The van der Waals surface area contributed by atoms with Crippen LogP contribution >= 0.6 is 11.3 Å². The molecule has 17 heavy (non-hydrogen) atoms. The molecule has 2 rings (SSSR count). The summed E-state index contributed by atoms with van der Waals surface area (Å²) >= 11 is 1.79. The summed E-state index contributed by atoms with van der Waals surface area (Å²) in [7, 11) is 0. The second kappa shape index (κ2) is 4.75. The van der Waals surface area contributed by atoms with Crippen LogP contribution in [0.25, 0.3) is 10.2 Å². The van der Waals surface area contributed by atoms with E-state index in [1.165, 1.54) is 9.71 Å². The van der Waals surface area contributed by atoms with E-state index in [-0.39, 0.29) is 5.41 Å². The van der Waals surface area contributed by atoms with Crippen molar-refractivity contribution in [2.45, 2.75) is 27.2 Å². The summed E-state index contributed by atoms with van der Waals surface area (Å²) < 4.78 is 1.27. The van der Waals surface area contributed by atoms with Gasteiger partial charge in [-0.3, -0.25) is 0 Å². The molecule has 0 spiro atoms. The predicted octanol–water partition coefficient (Wildman–Crippen LogP) is 3.46. The number of rotatable bonds is 4. The van der Waals surface area contributed by atoms with E-state index in [1.54, 1.807) is 11.3 Å². The van der Waals surface area contributed by atoms with Gasteiger partial charge in [0.25, 0.3) is 0 Å². The lowest BCUT2D eigenvalue weighted by atomic mass is 9.76. The molecule has 1 heterocycles. The molecule has 1 aromatic carbocycles. The van der Waals surface area contributed by atoms with Crippen LogP contribution in [0.1, 0.15) is 25.8 Å². The van der Waals surface area contributed by atoms with Gasteiger partial charge in [0, 0.05) is 6.42 Å². The van der Waals surface area contributed by atoms with Crippen LogP contribution in [-0.2, 0) is 6.42 Å². The van der Waals surface area contributed by atoms with Gasteiger partial charge in [-0.25, -0.2) is 4.98 Å². The Labute approximate surface area is 107 Å². The molecule has 0 saturated carbocycles. The Bertz CT molecular complexity index is 471. The summed E-state index contributed by atoms with van der Waals surface area (Å²) in [6.45, 7) is 7.44. The Kier molecular flexibility index (Phi) is 3.50. The fourth-order valence-electron chi connectivity index (χ4n) is 1.85. The van der Waals surface area contributed by atoms with Crippen LogP contribution in [0.4, 0.5) is 0 Å². The number of para-hydroxylation sites is 1. The van der Waals surface area contributed by atoms with Crippen molar-refractivity contribution in [2.75, 3.05) is 6.54 Å². The molecular formula is C14H20N2S. The first-order valence-electron chi connectivity index (χ1n) is 6.10. The van der Waals surface area contributed by atoms with Gasteiger partial charge in [-0.05, 0) is 30.0 Å². The van der Waals surface area contributed by atoms with Crippen LogP contribution in [0.3, 0.4) is 0 Å². The highest BCUT2D eigenvalue weighted by Crippen LogP contribution is 2.33. The molecule has 0 aliphatic carbocycles. The van der Waals surface area contributed by atoms with Gasteiger partial charge >= 0.3 is 0 Å². The van der Waals surface area contributed by atoms with Gasteiger partial charge in [-0.1, -0.05) is 32.9 Å². The highest BCUT2D eigenvalue weighted by molar-refractivity contribution is 7.18. The molecule has 0 aliphatic heterocycles. The van der Waals surface area contributed by atoms with Crippen molar-refractivity contribution in [1.29, 1.82) is 0 Å². The molecule has 0 amide bonds. The van der Waals surface area contributed by atoms with Crippen molar-refractivity contribution in [3.8, 4) is 0 Å². The number of thiazole rings is 1. The Morgan fingerprint density at radius 1 is 1.35 bits per heavy atom. The average molecular weight is 248 g/mol. The minimum atomic E-state index is 0.147. The van der Waals surface area contributed by atoms with Crippen LogP contribution in [0.15, 0.2) is 24.3 Å². The Morgan fingerprint density at radius 3 is 2.65 bits per heavy atom. The first-order chi connectivity index (χ1) is 8.05. The number of hydrogen-bond acceptors (Lipinski definition) is 3. The van der Waals surface area contributed by atoms with Gasteiger partial charge in [0.15, 0.2) is 0 Å². The van der Waals surface area contributed by atoms with E-state index < -0.39 is 0 Å². The van der Waals surface area contributed by atoms with E-state index in [4.69, 9.17) is 10.7 Å². The smallest absolute Gasteiger partial charge is 0.0944 e. The summed E-state index contributed by atoms with van der Waals surface area (Å²) in [5.41, 5.74) is 7.18. The highest BCUT2D eigenvalue weighted by Gasteiger charge is 2.28. The lowest BCUT2D eigenvalue weighted by Crippen LogP contribution is -2.34. The second-order valence-electron chi connectivity index (χ2n) is 5.26. The van der Waals surface area contributed by atoms with Crippen LogP contribution in [0, 0.1) is 11.3 Å². The van der Waals surface area contributed by atoms with Gasteiger partial charge < -0.3 is 5.73 Å². The zero-order valence-corrected chi connectivity index (χ0v) is 11.6. The molecule has 1 unspecified atom stereocenters. The molecule has 0 fully saturated rings. The van der Waals surface area contributed by atoms with Crippen LogP contribution < -0.4 is 5.73 Å². The number of aromatic nitrogens is 1. The maximum atomic E-state index is 5.93. The van der Waals surface area contributed by atoms with E-state index >= 15 is 0 Å². The summed E-state index contributed by atoms with van der Waals surface area (Å²) in [5, 5.41) is 1.20. The standard InChI is InChI=1S/C14H20N2S/c1-10(2)14(3,9-15)8-13-16-11-6-4-5-7-12(11)17-13/h4-7,10H,8-9,15H2,1-3H3. The van der Waals surface area contributed by atoms with Crippen molar-refractivity contribution >= 4 is 21.6 Å². The van der Waals surface area contributed by atoms with Crippen molar-refractivity contribution in [3.63, 3.8) is 0 Å². The van der Waals surface area contributed by atoms with E-state index in [9.17, 15) is 0 Å². The lowest BCUT2D eigenvalue weighted by Gasteiger charge is -2.31. The molecule has 0 saturated heterocycles. The minimum Gasteiger partial charge on any atom is -0.330 e. The summed E-state index contributed by atoms with van der Waals surface area (Å²) in [6.07, 6.45) is 0.973. The van der Waals surface area contributed by atoms with Crippen molar-refractivity contribution in [2.24, 2.45) is 17.1 Å². The largest absolute Gasteiger partial charge is 0.330 e. The average Bonchev–Trinajstić information content (AvgIpc) is 2.70. The summed E-state index contributed by atoms with van der Waals surface area (Å²) in [5.74, 6) is 0.569. The molecule has 92 valence electrons. The van der Waals surface area contributed by atoms with Gasteiger partial charge in [-0.15, -0.1) is 11.3 Å². The molecule has 2 aromatic rings. The highest BCUT2D eigenvalue weighted by atomic mass is 32.1. The van der Waals surface area contributed by atoms with Crippen LogP contribution in [0.2, 0.25) is 0 Å². The van der Waals surface area contributed by atoms with E-state index in [2.05, 4.69) is 39.0 Å². The van der Waals surface area contributed by atoms with Gasteiger partial charge in [0.05, 0.1) is 15.2 Å². The molecule has 1 atom stereocenters. The van der Waals surface area contributed by atoms with Crippen molar-refractivity contribution in [1.82, 2.24) is 4.98 Å². The topological polar surface area (TPSA) is 38.9 Å². The summed E-state index contributed by atoms with van der Waals surface area (Å²) in [6, 6.07) is 8.31. The molecule has 0 bridgehead atoms. The zero-order valence-electron chi connectivity index (χ0n) is 10.7. The predicted molar refractivity (Wildman–Crippen MR) is 75.3 cm³/mol. The SMILES string of the molecule is CC(C)C(C)(CN)Cc1nc2ccccc2s1. The molecule has 2 nitrogen and oxygen atoms in total. The summed E-state index contributed by atoms with van der Waals surface area (Å²) in [4.78, 5) is 4.69. The fourth-order valence-corrected chi connectivity index (χ4v) is 3.02. The number of fused-ring (bicyclic) bond motifs is 1. The molecule has 0 radical (unpaired) electrons. The van der Waals surface area contributed by atoms with Gasteiger partial charge in [0.2, 0.25) is 0 Å². The first-order valence-corrected chi connectivity index (χ1v) is 6.91.